The Morgan fingerprint density at radius 1 is 0.429 bits per heavy atom. The topological polar surface area (TPSA) is 3.24 Å². The van der Waals surface area contributed by atoms with Gasteiger partial charge in [0.15, 0.2) is 0 Å². The summed E-state index contributed by atoms with van der Waals surface area (Å²) in [5, 5.41) is 5.42. The van der Waals surface area contributed by atoms with Crippen molar-refractivity contribution in [2.75, 3.05) is 4.44 Å². The molecule has 0 aliphatic heterocycles. The van der Waals surface area contributed by atoms with Gasteiger partial charge in [-0.2, -0.15) is 0 Å². The van der Waals surface area contributed by atoms with Crippen LogP contribution in [0.25, 0.3) is 0 Å². The highest BCUT2D eigenvalue weighted by molar-refractivity contribution is 7.90. The zero-order valence-corrected chi connectivity index (χ0v) is 21.9. The largest absolute Gasteiger partial charge is 0.313 e. The molecule has 0 spiro atoms. The zero-order chi connectivity index (χ0) is 24.0. The van der Waals surface area contributed by atoms with Gasteiger partial charge in [-0.15, -0.1) is 0 Å². The predicted octanol–water partition coefficient (Wildman–Crippen LogP) is 7.21. The monoisotopic (exact) mass is 489 g/mol. The van der Waals surface area contributed by atoms with Gasteiger partial charge in [-0.1, -0.05) is 139 Å². The summed E-state index contributed by atoms with van der Waals surface area (Å²) in [6.45, 7) is 4.43. The van der Waals surface area contributed by atoms with Crippen LogP contribution in [0.1, 0.15) is 11.1 Å². The highest BCUT2D eigenvalue weighted by atomic mass is 31.2. The summed E-state index contributed by atoms with van der Waals surface area (Å²) in [5.74, 6) is 0. The third-order valence-electron chi connectivity index (χ3n) is 5.95. The quantitative estimate of drug-likeness (QED) is 0.219. The summed E-state index contributed by atoms with van der Waals surface area (Å²) in [6.07, 6.45) is 0. The van der Waals surface area contributed by atoms with Crippen LogP contribution in [0.15, 0.2) is 140 Å². The van der Waals surface area contributed by atoms with E-state index < -0.39 is 16.1 Å². The van der Waals surface area contributed by atoms with Gasteiger partial charge < -0.3 is 4.44 Å². The van der Waals surface area contributed by atoms with Crippen LogP contribution in [0.3, 0.4) is 0 Å². The van der Waals surface area contributed by atoms with Gasteiger partial charge in [0.05, 0.1) is 16.1 Å². The lowest BCUT2D eigenvalue weighted by Gasteiger charge is -2.41. The van der Waals surface area contributed by atoms with Crippen molar-refractivity contribution in [1.29, 1.82) is 0 Å². The molecule has 0 aliphatic carbocycles. The zero-order valence-electron chi connectivity index (χ0n) is 20.1. The number of aryl methyl sites for hydroxylation is 2. The van der Waals surface area contributed by atoms with Crippen molar-refractivity contribution in [1.82, 2.24) is 0 Å². The van der Waals surface area contributed by atoms with Gasteiger partial charge in [0.2, 0.25) is 0 Å². The molecule has 0 heterocycles. The van der Waals surface area contributed by atoms with Crippen LogP contribution < -0.4 is 25.7 Å². The molecular formula is C32H29NP2. The van der Waals surface area contributed by atoms with Crippen LogP contribution in [0, 0.1) is 13.8 Å². The van der Waals surface area contributed by atoms with Crippen LogP contribution in [0.5, 0.6) is 0 Å². The first kappa shape index (κ1) is 23.5. The Hall–Kier alpha value is -3.24. The van der Waals surface area contributed by atoms with Crippen LogP contribution in [0.2, 0.25) is 0 Å². The summed E-state index contributed by atoms with van der Waals surface area (Å²) in [6, 6.07) is 51.0. The molecular weight excluding hydrogens is 460 g/mol. The van der Waals surface area contributed by atoms with E-state index >= 15 is 0 Å². The Bertz CT molecular complexity index is 1190. The minimum absolute atomic E-state index is 0.841. The standard InChI is InChI=1S/C32H29NP2/c1-26-23-24-32(27(2)25-26)33(34(28-15-7-3-8-16-28)29-17-9-4-10-18-29)35(30-19-11-5-12-20-30)31-21-13-6-14-22-31/h3-25H,1-2H3. The van der Waals surface area contributed by atoms with Crippen LogP contribution in [-0.4, -0.2) is 0 Å². The van der Waals surface area contributed by atoms with E-state index in [0.717, 1.165) is 0 Å². The average Bonchev–Trinajstić information content (AvgIpc) is 2.91. The van der Waals surface area contributed by atoms with Crippen molar-refractivity contribution < 1.29 is 0 Å². The molecule has 0 aliphatic rings. The lowest BCUT2D eigenvalue weighted by atomic mass is 10.1. The van der Waals surface area contributed by atoms with Crippen molar-refractivity contribution in [2.45, 2.75) is 13.8 Å². The van der Waals surface area contributed by atoms with Gasteiger partial charge >= 0.3 is 0 Å². The van der Waals surface area contributed by atoms with Crippen molar-refractivity contribution in [2.24, 2.45) is 0 Å². The minimum Gasteiger partial charge on any atom is -0.313 e. The molecule has 0 bridgehead atoms. The molecule has 0 saturated carbocycles. The Morgan fingerprint density at radius 3 is 1.09 bits per heavy atom. The van der Waals surface area contributed by atoms with Gasteiger partial charge in [-0.25, -0.2) is 0 Å². The Morgan fingerprint density at radius 2 is 0.771 bits per heavy atom. The fourth-order valence-corrected chi connectivity index (χ4v) is 10.5. The molecule has 35 heavy (non-hydrogen) atoms. The molecule has 3 heteroatoms. The number of nitrogens with zero attached hydrogens (tertiary/aromatic N) is 1. The van der Waals surface area contributed by atoms with E-state index in [9.17, 15) is 0 Å². The predicted molar refractivity (Wildman–Crippen MR) is 157 cm³/mol. The molecule has 5 aromatic carbocycles. The molecule has 172 valence electrons. The highest BCUT2D eigenvalue weighted by Gasteiger charge is 2.32. The second-order valence-corrected chi connectivity index (χ2v) is 13.0. The number of benzene rings is 5. The van der Waals surface area contributed by atoms with E-state index in [4.69, 9.17) is 0 Å². The molecule has 0 fully saturated rings. The van der Waals surface area contributed by atoms with Gasteiger partial charge in [0, 0.05) is 26.9 Å². The van der Waals surface area contributed by atoms with Crippen molar-refractivity contribution >= 4 is 43.1 Å². The number of rotatable bonds is 7. The highest BCUT2D eigenvalue weighted by Crippen LogP contribution is 2.57. The van der Waals surface area contributed by atoms with E-state index in [-0.39, 0.29) is 0 Å². The Labute approximate surface area is 211 Å². The fourth-order valence-electron chi connectivity index (χ4n) is 4.35. The lowest BCUT2D eigenvalue weighted by Crippen LogP contribution is -2.32. The second-order valence-electron chi connectivity index (χ2n) is 8.55. The molecule has 0 radical (unpaired) electrons. The number of hydrogen-bond acceptors (Lipinski definition) is 1. The normalized spacial score (nSPS) is 11.1. The maximum Gasteiger partial charge on any atom is 0.0590 e. The maximum absolute atomic E-state index is 2.74. The Balaban J connectivity index is 1.82. The van der Waals surface area contributed by atoms with Crippen LogP contribution >= 0.6 is 16.1 Å². The van der Waals surface area contributed by atoms with Gasteiger partial charge in [0.25, 0.3) is 0 Å². The van der Waals surface area contributed by atoms with Gasteiger partial charge in [0.1, 0.15) is 0 Å². The first-order chi connectivity index (χ1) is 17.2. The molecule has 0 atom stereocenters. The summed E-state index contributed by atoms with van der Waals surface area (Å²) in [4.78, 5) is 0. The maximum atomic E-state index is 2.74. The van der Waals surface area contributed by atoms with Gasteiger partial charge in [-0.3, -0.25) is 0 Å². The third kappa shape index (κ3) is 5.23. The summed E-state index contributed by atoms with van der Waals surface area (Å²) < 4.78 is 2.74. The minimum atomic E-state index is -0.841. The van der Waals surface area contributed by atoms with Crippen LogP contribution in [0.4, 0.5) is 5.69 Å². The number of anilines is 1. The fraction of sp³-hybridized carbons (Fsp3) is 0.0625. The van der Waals surface area contributed by atoms with E-state index in [1.807, 2.05) is 0 Å². The third-order valence-corrected chi connectivity index (χ3v) is 11.4. The molecule has 1 nitrogen and oxygen atoms in total. The summed E-state index contributed by atoms with van der Waals surface area (Å²) in [7, 11) is -1.68. The second kappa shape index (κ2) is 11.0. The summed E-state index contributed by atoms with van der Waals surface area (Å²) in [5.41, 5.74) is 3.90. The molecule has 0 aromatic heterocycles. The van der Waals surface area contributed by atoms with E-state index in [1.165, 1.54) is 38.0 Å². The molecule has 5 aromatic rings. The van der Waals surface area contributed by atoms with Gasteiger partial charge in [-0.05, 0) is 25.5 Å². The molecule has 0 saturated heterocycles. The average molecular weight is 490 g/mol. The van der Waals surface area contributed by atoms with Crippen molar-refractivity contribution in [3.63, 3.8) is 0 Å². The molecule has 5 rings (SSSR count). The van der Waals surface area contributed by atoms with Crippen molar-refractivity contribution in [3.8, 4) is 0 Å². The lowest BCUT2D eigenvalue weighted by molar-refractivity contribution is 1.36. The smallest absolute Gasteiger partial charge is 0.0590 e. The van der Waals surface area contributed by atoms with Crippen molar-refractivity contribution in [3.05, 3.63) is 151 Å². The first-order valence-electron chi connectivity index (χ1n) is 11.9. The Kier molecular flexibility index (Phi) is 7.39. The SMILES string of the molecule is Cc1ccc(N(P(c2ccccc2)c2ccccc2)P(c2ccccc2)c2ccccc2)c(C)c1. The number of hydrogen-bond donors (Lipinski definition) is 0. The van der Waals surface area contributed by atoms with E-state index in [1.54, 1.807) is 0 Å². The van der Waals surface area contributed by atoms with E-state index in [0.29, 0.717) is 0 Å². The summed E-state index contributed by atoms with van der Waals surface area (Å²) >= 11 is 0. The molecule has 0 N–H and O–H groups in total. The molecule has 0 amide bonds. The van der Waals surface area contributed by atoms with E-state index in [2.05, 4.69) is 158 Å². The first-order valence-corrected chi connectivity index (χ1v) is 14.5. The molecule has 0 unspecified atom stereocenters. The van der Waals surface area contributed by atoms with Crippen LogP contribution in [-0.2, 0) is 0 Å².